The Balaban J connectivity index is 1.28. The molecule has 5 rings (SSSR count). The number of fused-ring (bicyclic) bond motifs is 2. The Morgan fingerprint density at radius 3 is 2.54 bits per heavy atom. The van der Waals surface area contributed by atoms with Crippen molar-refractivity contribution in [3.8, 4) is 11.5 Å². The van der Waals surface area contributed by atoms with E-state index in [9.17, 15) is 9.90 Å². The second-order valence-electron chi connectivity index (χ2n) is 10.9. The molecule has 1 amide bonds. The van der Waals surface area contributed by atoms with Crippen LogP contribution in [0.3, 0.4) is 0 Å². The van der Waals surface area contributed by atoms with Gasteiger partial charge >= 0.3 is 0 Å². The molecule has 39 heavy (non-hydrogen) atoms. The molecule has 1 N–H and O–H groups in total. The van der Waals surface area contributed by atoms with Gasteiger partial charge < -0.3 is 19.5 Å². The van der Waals surface area contributed by atoms with Gasteiger partial charge in [0.1, 0.15) is 24.7 Å². The highest BCUT2D eigenvalue weighted by molar-refractivity contribution is 5.86. The Labute approximate surface area is 230 Å². The molecule has 0 spiro atoms. The summed E-state index contributed by atoms with van der Waals surface area (Å²) in [6.07, 6.45) is 1.60. The molecule has 1 aromatic heterocycles. The average molecular weight is 525 g/mol. The number of pyridine rings is 1. The summed E-state index contributed by atoms with van der Waals surface area (Å²) in [6.45, 7) is 7.59. The zero-order valence-electron chi connectivity index (χ0n) is 22.9. The number of amides is 1. The number of carbonyl (C=O) groups excluding carboxylic acids is 1. The molecule has 0 saturated heterocycles. The number of rotatable bonds is 9. The molecule has 0 radical (unpaired) electrons. The molecule has 0 bridgehead atoms. The Morgan fingerprint density at radius 2 is 1.74 bits per heavy atom. The number of aromatic nitrogens is 1. The van der Waals surface area contributed by atoms with Crippen molar-refractivity contribution in [2.45, 2.75) is 65.4 Å². The molecular weight excluding hydrogens is 488 g/mol. The third-order valence-electron chi connectivity index (χ3n) is 7.27. The highest BCUT2D eigenvalue weighted by Gasteiger charge is 2.23. The van der Waals surface area contributed by atoms with Crippen LogP contribution in [0.1, 0.15) is 54.6 Å². The van der Waals surface area contributed by atoms with Crippen molar-refractivity contribution in [1.82, 2.24) is 9.88 Å². The van der Waals surface area contributed by atoms with E-state index in [1.807, 2.05) is 60.4 Å². The van der Waals surface area contributed by atoms with E-state index < -0.39 is 5.60 Å². The second kappa shape index (κ2) is 11.5. The van der Waals surface area contributed by atoms with Gasteiger partial charge in [0.25, 0.3) is 0 Å². The minimum atomic E-state index is -0.831. The van der Waals surface area contributed by atoms with E-state index in [1.54, 1.807) is 13.8 Å². The fraction of sp³-hybridized carbons (Fsp3) is 0.333. The molecule has 0 fully saturated rings. The summed E-state index contributed by atoms with van der Waals surface area (Å²) in [5.41, 5.74) is 5.33. The highest BCUT2D eigenvalue weighted by atomic mass is 16.5. The standard InChI is InChI=1S/C33H36N2O4/c1-23-30(34-29-12-8-7-11-28(29)32(23)39-21-24-9-5-4-6-10-24)22-38-27-14-13-26-20-35(18-16-25(26)19-27)31(36)15-17-33(2,3)37/h4-14,19,37H,15-18,20-22H2,1-3H3. The van der Waals surface area contributed by atoms with Gasteiger partial charge in [0.2, 0.25) is 5.91 Å². The fourth-order valence-electron chi connectivity index (χ4n) is 4.94. The number of benzene rings is 3. The van der Waals surface area contributed by atoms with Gasteiger partial charge in [0.15, 0.2) is 0 Å². The van der Waals surface area contributed by atoms with E-state index in [4.69, 9.17) is 14.5 Å². The van der Waals surface area contributed by atoms with Crippen LogP contribution in [0.25, 0.3) is 10.9 Å². The largest absolute Gasteiger partial charge is 0.488 e. The maximum Gasteiger partial charge on any atom is 0.222 e. The fourth-order valence-corrected chi connectivity index (χ4v) is 4.94. The quantitative estimate of drug-likeness (QED) is 0.285. The van der Waals surface area contributed by atoms with Gasteiger partial charge in [0.05, 0.1) is 16.8 Å². The summed E-state index contributed by atoms with van der Waals surface area (Å²) < 4.78 is 12.6. The van der Waals surface area contributed by atoms with Gasteiger partial charge in [-0.15, -0.1) is 0 Å². The van der Waals surface area contributed by atoms with Crippen molar-refractivity contribution < 1.29 is 19.4 Å². The first kappa shape index (κ1) is 26.7. The van der Waals surface area contributed by atoms with E-state index in [-0.39, 0.29) is 5.91 Å². The molecule has 0 aliphatic carbocycles. The number of ether oxygens (including phenoxy) is 2. The van der Waals surface area contributed by atoms with E-state index in [1.165, 1.54) is 5.56 Å². The van der Waals surface area contributed by atoms with Crippen LogP contribution in [-0.2, 0) is 31.0 Å². The Bertz CT molecular complexity index is 1460. The first-order valence-corrected chi connectivity index (χ1v) is 13.6. The maximum atomic E-state index is 12.6. The number of hydrogen-bond acceptors (Lipinski definition) is 5. The predicted molar refractivity (Wildman–Crippen MR) is 153 cm³/mol. The van der Waals surface area contributed by atoms with Gasteiger partial charge in [-0.05, 0) is 74.6 Å². The molecule has 0 atom stereocenters. The predicted octanol–water partition coefficient (Wildman–Crippen LogP) is 6.14. The third kappa shape index (κ3) is 6.58. The average Bonchev–Trinajstić information content (AvgIpc) is 2.94. The van der Waals surface area contributed by atoms with Crippen molar-refractivity contribution in [3.05, 3.63) is 101 Å². The van der Waals surface area contributed by atoms with Crippen LogP contribution in [0.2, 0.25) is 0 Å². The minimum Gasteiger partial charge on any atom is -0.488 e. The van der Waals surface area contributed by atoms with Crippen molar-refractivity contribution in [3.63, 3.8) is 0 Å². The van der Waals surface area contributed by atoms with Crippen LogP contribution >= 0.6 is 0 Å². The van der Waals surface area contributed by atoms with E-state index >= 15 is 0 Å². The lowest BCUT2D eigenvalue weighted by Gasteiger charge is -2.30. The summed E-state index contributed by atoms with van der Waals surface area (Å²) in [6, 6.07) is 24.3. The smallest absolute Gasteiger partial charge is 0.222 e. The molecule has 0 saturated carbocycles. The number of nitrogens with zero attached hydrogens (tertiary/aromatic N) is 2. The third-order valence-corrected chi connectivity index (χ3v) is 7.27. The first-order chi connectivity index (χ1) is 18.8. The molecule has 2 heterocycles. The zero-order valence-corrected chi connectivity index (χ0v) is 22.9. The van der Waals surface area contributed by atoms with Gasteiger partial charge in [-0.25, -0.2) is 4.98 Å². The molecule has 202 valence electrons. The molecule has 1 aliphatic heterocycles. The summed E-state index contributed by atoms with van der Waals surface area (Å²) in [5, 5.41) is 10.9. The number of para-hydroxylation sites is 1. The molecule has 4 aromatic rings. The molecule has 0 unspecified atom stereocenters. The summed E-state index contributed by atoms with van der Waals surface area (Å²) in [7, 11) is 0. The molecule has 3 aromatic carbocycles. The molecule has 6 nitrogen and oxygen atoms in total. The lowest BCUT2D eigenvalue weighted by molar-refractivity contribution is -0.133. The monoisotopic (exact) mass is 524 g/mol. The van der Waals surface area contributed by atoms with Crippen molar-refractivity contribution in [2.75, 3.05) is 6.54 Å². The Hall–Kier alpha value is -3.90. The Kier molecular flexibility index (Phi) is 7.84. The highest BCUT2D eigenvalue weighted by Crippen LogP contribution is 2.32. The van der Waals surface area contributed by atoms with Crippen LogP contribution < -0.4 is 9.47 Å². The minimum absolute atomic E-state index is 0.0891. The molecule has 1 aliphatic rings. The lowest BCUT2D eigenvalue weighted by atomic mass is 9.98. The summed E-state index contributed by atoms with van der Waals surface area (Å²) in [5.74, 6) is 1.71. The maximum absolute atomic E-state index is 12.6. The normalized spacial score (nSPS) is 13.3. The van der Waals surface area contributed by atoms with E-state index in [0.29, 0.717) is 39.1 Å². The van der Waals surface area contributed by atoms with Gasteiger partial charge in [-0.3, -0.25) is 4.79 Å². The number of aliphatic hydroxyl groups is 1. The SMILES string of the molecule is Cc1c(COc2ccc3c(c2)CCN(C(=O)CCC(C)(C)O)C3)nc2ccccc2c1OCc1ccccc1. The zero-order chi connectivity index (χ0) is 27.4. The van der Waals surface area contributed by atoms with Crippen molar-refractivity contribution >= 4 is 16.8 Å². The van der Waals surface area contributed by atoms with Crippen LogP contribution in [-0.4, -0.2) is 33.0 Å². The number of carbonyl (C=O) groups is 1. The Morgan fingerprint density at radius 1 is 0.974 bits per heavy atom. The summed E-state index contributed by atoms with van der Waals surface area (Å²) >= 11 is 0. The molecule has 6 heteroatoms. The second-order valence-corrected chi connectivity index (χ2v) is 10.9. The van der Waals surface area contributed by atoms with Gasteiger partial charge in [-0.2, -0.15) is 0 Å². The van der Waals surface area contributed by atoms with Crippen LogP contribution in [0.5, 0.6) is 11.5 Å². The first-order valence-electron chi connectivity index (χ1n) is 13.6. The van der Waals surface area contributed by atoms with Gasteiger partial charge in [-0.1, -0.05) is 48.5 Å². The van der Waals surface area contributed by atoms with Gasteiger partial charge in [0, 0.05) is 30.5 Å². The summed E-state index contributed by atoms with van der Waals surface area (Å²) in [4.78, 5) is 19.4. The molecular formula is C33H36N2O4. The topological polar surface area (TPSA) is 71.9 Å². The number of hydrogen-bond donors (Lipinski definition) is 1. The van der Waals surface area contributed by atoms with Crippen LogP contribution in [0, 0.1) is 6.92 Å². The van der Waals surface area contributed by atoms with E-state index in [0.717, 1.165) is 51.2 Å². The van der Waals surface area contributed by atoms with Crippen LogP contribution in [0.4, 0.5) is 0 Å². The van der Waals surface area contributed by atoms with Crippen LogP contribution in [0.15, 0.2) is 72.8 Å². The van der Waals surface area contributed by atoms with Crippen molar-refractivity contribution in [1.29, 1.82) is 0 Å². The van der Waals surface area contributed by atoms with E-state index in [2.05, 4.69) is 24.3 Å². The lowest BCUT2D eigenvalue weighted by Crippen LogP contribution is -2.36. The van der Waals surface area contributed by atoms with Crippen molar-refractivity contribution in [2.24, 2.45) is 0 Å².